The molecule has 0 saturated carbocycles. The van der Waals surface area contributed by atoms with Gasteiger partial charge >= 0.3 is 0 Å². The standard InChI is InChI=1S/C18H27ClN4O.HI/c1-3-21-18(22-13-15-6-4-5-7-16(15)19)23-10-8-14(9-11-23)12-17(24)20-2;/h4-7,14H,3,8-13H2,1-2H3,(H,20,24)(H,21,22);1H. The molecule has 2 N–H and O–H groups in total. The van der Waals surface area contributed by atoms with Crippen LogP contribution in [0.2, 0.25) is 5.02 Å². The summed E-state index contributed by atoms with van der Waals surface area (Å²) in [6.45, 7) is 5.33. The monoisotopic (exact) mass is 478 g/mol. The predicted molar refractivity (Wildman–Crippen MR) is 115 cm³/mol. The minimum atomic E-state index is 0. The Morgan fingerprint density at radius 1 is 1.32 bits per heavy atom. The Bertz CT molecular complexity index is 574. The van der Waals surface area contributed by atoms with E-state index in [2.05, 4.69) is 22.5 Å². The van der Waals surface area contributed by atoms with Gasteiger partial charge in [-0.05, 0) is 37.3 Å². The number of piperidine rings is 1. The van der Waals surface area contributed by atoms with Crippen molar-refractivity contribution in [2.75, 3.05) is 26.7 Å². The van der Waals surface area contributed by atoms with E-state index in [4.69, 9.17) is 16.6 Å². The fraction of sp³-hybridized carbons (Fsp3) is 0.556. The molecule has 0 radical (unpaired) electrons. The molecule has 5 nitrogen and oxygen atoms in total. The maximum Gasteiger partial charge on any atom is 0.220 e. The number of halogens is 2. The van der Waals surface area contributed by atoms with Crippen molar-refractivity contribution in [1.82, 2.24) is 15.5 Å². The maximum absolute atomic E-state index is 11.5. The third-order valence-electron chi connectivity index (χ3n) is 4.36. The lowest BCUT2D eigenvalue weighted by molar-refractivity contribution is -0.121. The van der Waals surface area contributed by atoms with Crippen molar-refractivity contribution in [1.29, 1.82) is 0 Å². The first-order chi connectivity index (χ1) is 11.6. The third-order valence-corrected chi connectivity index (χ3v) is 4.73. The van der Waals surface area contributed by atoms with E-state index in [9.17, 15) is 4.79 Å². The molecular weight excluding hydrogens is 451 g/mol. The summed E-state index contributed by atoms with van der Waals surface area (Å²) in [4.78, 5) is 18.5. The molecule has 0 atom stereocenters. The molecule has 1 heterocycles. The van der Waals surface area contributed by atoms with Crippen LogP contribution in [-0.2, 0) is 11.3 Å². The molecule has 0 bridgehead atoms. The van der Waals surface area contributed by atoms with Gasteiger partial charge in [-0.3, -0.25) is 4.79 Å². The molecular formula is C18H28ClIN4O. The van der Waals surface area contributed by atoms with Gasteiger partial charge in [-0.2, -0.15) is 0 Å². The Kier molecular flexibility index (Phi) is 10.2. The van der Waals surface area contributed by atoms with Gasteiger partial charge in [-0.15, -0.1) is 24.0 Å². The number of likely N-dealkylation sites (tertiary alicyclic amines) is 1. The number of benzene rings is 1. The summed E-state index contributed by atoms with van der Waals surface area (Å²) >= 11 is 6.21. The lowest BCUT2D eigenvalue weighted by Gasteiger charge is -2.34. The molecule has 1 saturated heterocycles. The highest BCUT2D eigenvalue weighted by atomic mass is 127. The fourth-order valence-corrected chi connectivity index (χ4v) is 3.12. The number of hydrogen-bond acceptors (Lipinski definition) is 2. The molecule has 0 aliphatic carbocycles. The molecule has 25 heavy (non-hydrogen) atoms. The molecule has 1 fully saturated rings. The van der Waals surface area contributed by atoms with Crippen molar-refractivity contribution in [2.24, 2.45) is 10.9 Å². The molecule has 1 aromatic rings. The first-order valence-electron chi connectivity index (χ1n) is 8.61. The van der Waals surface area contributed by atoms with Crippen LogP contribution in [0.4, 0.5) is 0 Å². The lowest BCUT2D eigenvalue weighted by Crippen LogP contribution is -2.46. The Labute approximate surface area is 172 Å². The highest BCUT2D eigenvalue weighted by Crippen LogP contribution is 2.21. The van der Waals surface area contributed by atoms with E-state index in [-0.39, 0.29) is 29.9 Å². The number of aliphatic imine (C=N–C) groups is 1. The molecule has 1 amide bonds. The highest BCUT2D eigenvalue weighted by Gasteiger charge is 2.23. The molecule has 1 aromatic carbocycles. The summed E-state index contributed by atoms with van der Waals surface area (Å²) < 4.78 is 0. The Balaban J connectivity index is 0.00000312. The van der Waals surface area contributed by atoms with E-state index in [1.54, 1.807) is 7.05 Å². The Morgan fingerprint density at radius 2 is 2.00 bits per heavy atom. The van der Waals surface area contributed by atoms with Crippen molar-refractivity contribution in [3.05, 3.63) is 34.9 Å². The summed E-state index contributed by atoms with van der Waals surface area (Å²) in [5.74, 6) is 1.52. The van der Waals surface area contributed by atoms with Crippen molar-refractivity contribution in [3.8, 4) is 0 Å². The van der Waals surface area contributed by atoms with E-state index in [1.807, 2.05) is 24.3 Å². The van der Waals surface area contributed by atoms with Crippen LogP contribution in [0.1, 0.15) is 31.7 Å². The van der Waals surface area contributed by atoms with Crippen molar-refractivity contribution < 1.29 is 4.79 Å². The van der Waals surface area contributed by atoms with Crippen LogP contribution < -0.4 is 10.6 Å². The van der Waals surface area contributed by atoms with Gasteiger partial charge in [0.05, 0.1) is 6.54 Å². The summed E-state index contributed by atoms with van der Waals surface area (Å²) in [6, 6.07) is 7.81. The van der Waals surface area contributed by atoms with Gasteiger partial charge in [0.1, 0.15) is 0 Å². The van der Waals surface area contributed by atoms with Gasteiger partial charge in [0.2, 0.25) is 5.91 Å². The Morgan fingerprint density at radius 3 is 2.60 bits per heavy atom. The van der Waals surface area contributed by atoms with Crippen LogP contribution in [0.5, 0.6) is 0 Å². The van der Waals surface area contributed by atoms with Gasteiger partial charge in [-0.1, -0.05) is 29.8 Å². The van der Waals surface area contributed by atoms with Gasteiger partial charge in [0.15, 0.2) is 5.96 Å². The average molecular weight is 479 g/mol. The highest BCUT2D eigenvalue weighted by molar-refractivity contribution is 14.0. The summed E-state index contributed by atoms with van der Waals surface area (Å²) in [5.41, 5.74) is 1.03. The van der Waals surface area contributed by atoms with Gasteiger partial charge < -0.3 is 15.5 Å². The number of nitrogens with one attached hydrogen (secondary N) is 2. The Hall–Kier alpha value is -1.02. The first kappa shape index (κ1) is 22.0. The smallest absolute Gasteiger partial charge is 0.220 e. The second-order valence-electron chi connectivity index (χ2n) is 6.07. The average Bonchev–Trinajstić information content (AvgIpc) is 2.60. The third kappa shape index (κ3) is 7.01. The van der Waals surface area contributed by atoms with Crippen molar-refractivity contribution in [2.45, 2.75) is 32.7 Å². The van der Waals surface area contributed by atoms with Crippen LogP contribution in [0.3, 0.4) is 0 Å². The summed E-state index contributed by atoms with van der Waals surface area (Å²) in [5, 5.41) is 6.82. The largest absolute Gasteiger partial charge is 0.359 e. The topological polar surface area (TPSA) is 56.7 Å². The molecule has 1 aliphatic rings. The van der Waals surface area contributed by atoms with Gasteiger partial charge in [-0.25, -0.2) is 4.99 Å². The van der Waals surface area contributed by atoms with E-state index >= 15 is 0 Å². The quantitative estimate of drug-likeness (QED) is 0.388. The molecule has 7 heteroatoms. The van der Waals surface area contributed by atoms with Crippen LogP contribution in [0, 0.1) is 5.92 Å². The van der Waals surface area contributed by atoms with Crippen LogP contribution >= 0.6 is 35.6 Å². The minimum Gasteiger partial charge on any atom is -0.359 e. The molecule has 1 aliphatic heterocycles. The van der Waals surface area contributed by atoms with E-state index in [0.717, 1.165) is 49.0 Å². The first-order valence-corrected chi connectivity index (χ1v) is 8.99. The molecule has 140 valence electrons. The zero-order valence-corrected chi connectivity index (χ0v) is 18.0. The molecule has 0 aromatic heterocycles. The minimum absolute atomic E-state index is 0. The van der Waals surface area contributed by atoms with E-state index < -0.39 is 0 Å². The number of guanidine groups is 1. The molecule has 0 spiro atoms. The number of carbonyl (C=O) groups excluding carboxylic acids is 1. The number of amides is 1. The normalized spacial score (nSPS) is 15.5. The maximum atomic E-state index is 11.5. The summed E-state index contributed by atoms with van der Waals surface area (Å²) in [6.07, 6.45) is 2.66. The fourth-order valence-electron chi connectivity index (χ4n) is 2.93. The SMILES string of the molecule is CCNC(=NCc1ccccc1Cl)N1CCC(CC(=O)NC)CC1.I. The second-order valence-corrected chi connectivity index (χ2v) is 6.48. The van der Waals surface area contributed by atoms with Crippen LogP contribution in [0.15, 0.2) is 29.3 Å². The second kappa shape index (κ2) is 11.6. The van der Waals surface area contributed by atoms with Crippen LogP contribution in [-0.4, -0.2) is 43.4 Å². The van der Waals surface area contributed by atoms with E-state index in [0.29, 0.717) is 18.9 Å². The van der Waals surface area contributed by atoms with Crippen molar-refractivity contribution >= 4 is 47.4 Å². The van der Waals surface area contributed by atoms with Gasteiger partial charge in [0.25, 0.3) is 0 Å². The zero-order chi connectivity index (χ0) is 17.4. The lowest BCUT2D eigenvalue weighted by atomic mass is 9.93. The number of rotatable bonds is 5. The molecule has 0 unspecified atom stereocenters. The predicted octanol–water partition coefficient (Wildman–Crippen LogP) is 3.27. The van der Waals surface area contributed by atoms with Crippen molar-refractivity contribution in [3.63, 3.8) is 0 Å². The van der Waals surface area contributed by atoms with Crippen LogP contribution in [0.25, 0.3) is 0 Å². The number of nitrogens with zero attached hydrogens (tertiary/aromatic N) is 2. The summed E-state index contributed by atoms with van der Waals surface area (Å²) in [7, 11) is 1.70. The van der Waals surface area contributed by atoms with Gasteiger partial charge in [0, 0.05) is 38.1 Å². The zero-order valence-electron chi connectivity index (χ0n) is 14.9. The number of hydrogen-bond donors (Lipinski definition) is 2. The van der Waals surface area contributed by atoms with E-state index in [1.165, 1.54) is 0 Å². The molecule has 2 rings (SSSR count). The number of carbonyl (C=O) groups is 1.